The fraction of sp³-hybridized carbons (Fsp3) is 0.333. The van der Waals surface area contributed by atoms with Gasteiger partial charge in [0, 0.05) is 6.42 Å². The molecule has 1 aromatic rings. The first-order valence-electron chi connectivity index (χ1n) is 5.43. The van der Waals surface area contributed by atoms with E-state index in [9.17, 15) is 22.8 Å². The van der Waals surface area contributed by atoms with Crippen molar-refractivity contribution < 1.29 is 27.9 Å². The molecule has 19 heavy (non-hydrogen) atoms. The van der Waals surface area contributed by atoms with Crippen LogP contribution in [0.25, 0.3) is 0 Å². The van der Waals surface area contributed by atoms with Crippen LogP contribution in [0.1, 0.15) is 22.3 Å². The molecule has 0 unspecified atom stereocenters. The first-order chi connectivity index (χ1) is 8.78. The summed E-state index contributed by atoms with van der Waals surface area (Å²) in [4.78, 5) is 21.7. The highest BCUT2D eigenvalue weighted by Gasteiger charge is 2.27. The number of alkyl halides is 3. The van der Waals surface area contributed by atoms with E-state index in [2.05, 4.69) is 0 Å². The molecule has 7 heteroatoms. The topological polar surface area (TPSA) is 66.4 Å². The number of carbonyl (C=O) groups is 2. The summed E-state index contributed by atoms with van der Waals surface area (Å²) in [7, 11) is 0. The molecule has 0 atom stereocenters. The van der Waals surface area contributed by atoms with Gasteiger partial charge in [0.15, 0.2) is 0 Å². The Morgan fingerprint density at radius 3 is 2.21 bits per heavy atom. The summed E-state index contributed by atoms with van der Waals surface area (Å²) in [5.41, 5.74) is 0.803. The van der Waals surface area contributed by atoms with Crippen LogP contribution in [-0.2, 0) is 11.2 Å². The van der Waals surface area contributed by atoms with E-state index in [0.717, 1.165) is 0 Å². The highest BCUT2D eigenvalue weighted by atomic mass is 19.4. The van der Waals surface area contributed by atoms with Crippen LogP contribution in [-0.4, -0.2) is 29.7 Å². The minimum absolute atomic E-state index is 0.0809. The van der Waals surface area contributed by atoms with Gasteiger partial charge in [0.25, 0.3) is 0 Å². The number of hydrogen-bond acceptors (Lipinski definition) is 2. The maximum atomic E-state index is 11.8. The van der Waals surface area contributed by atoms with Gasteiger partial charge in [-0.1, -0.05) is 12.1 Å². The van der Waals surface area contributed by atoms with Gasteiger partial charge in [0.05, 0.1) is 5.56 Å². The molecule has 1 aromatic carbocycles. The zero-order chi connectivity index (χ0) is 14.5. The molecule has 0 saturated carbocycles. The molecular weight excluding hydrogens is 263 g/mol. The van der Waals surface area contributed by atoms with Crippen molar-refractivity contribution in [3.05, 3.63) is 35.4 Å². The molecule has 104 valence electrons. The number of rotatable bonds is 5. The Labute approximate surface area is 107 Å². The minimum atomic E-state index is -4.42. The maximum absolute atomic E-state index is 11.8. The second-order valence-electron chi connectivity index (χ2n) is 3.89. The third-order valence-corrected chi connectivity index (χ3v) is 2.33. The highest BCUT2D eigenvalue weighted by molar-refractivity contribution is 5.87. The molecule has 0 saturated heterocycles. The van der Waals surface area contributed by atoms with E-state index in [4.69, 9.17) is 5.11 Å². The molecule has 0 aliphatic carbocycles. The number of benzene rings is 1. The van der Waals surface area contributed by atoms with Gasteiger partial charge in [-0.3, -0.25) is 4.79 Å². The number of hydrogen-bond donors (Lipinski definition) is 2. The minimum Gasteiger partial charge on any atom is -0.478 e. The summed E-state index contributed by atoms with van der Waals surface area (Å²) < 4.78 is 35.5. The lowest BCUT2D eigenvalue weighted by Crippen LogP contribution is -2.33. The average molecular weight is 275 g/mol. The van der Waals surface area contributed by atoms with Gasteiger partial charge >= 0.3 is 12.1 Å². The second kappa shape index (κ2) is 6.21. The normalized spacial score (nSPS) is 11.1. The SMILES string of the molecule is O=C(CCc1ccc(C(=O)O)cc1)NCC(F)(F)F. The number of halogens is 3. The Morgan fingerprint density at radius 1 is 1.16 bits per heavy atom. The van der Waals surface area contributed by atoms with Crippen LogP contribution in [0, 0.1) is 0 Å². The van der Waals surface area contributed by atoms with Crippen LogP contribution in [0.4, 0.5) is 13.2 Å². The van der Waals surface area contributed by atoms with Gasteiger partial charge in [0.1, 0.15) is 6.54 Å². The van der Waals surface area contributed by atoms with Crippen molar-refractivity contribution in [3.8, 4) is 0 Å². The molecule has 0 radical (unpaired) electrons. The van der Waals surface area contributed by atoms with Crippen LogP contribution in [0.5, 0.6) is 0 Å². The summed E-state index contributed by atoms with van der Waals surface area (Å²) in [5.74, 6) is -1.76. The Bertz CT molecular complexity index is 454. The van der Waals surface area contributed by atoms with Crippen molar-refractivity contribution in [2.45, 2.75) is 19.0 Å². The molecule has 0 heterocycles. The van der Waals surface area contributed by atoms with Crippen molar-refractivity contribution in [2.75, 3.05) is 6.54 Å². The van der Waals surface area contributed by atoms with E-state index in [0.29, 0.717) is 5.56 Å². The van der Waals surface area contributed by atoms with Crippen LogP contribution in [0.3, 0.4) is 0 Å². The summed E-state index contributed by atoms with van der Waals surface area (Å²) in [6, 6.07) is 5.82. The number of amides is 1. The van der Waals surface area contributed by atoms with Crippen LogP contribution < -0.4 is 5.32 Å². The van der Waals surface area contributed by atoms with E-state index in [1.807, 2.05) is 0 Å². The fourth-order valence-electron chi connectivity index (χ4n) is 1.36. The van der Waals surface area contributed by atoms with Gasteiger partial charge in [-0.15, -0.1) is 0 Å². The number of nitrogens with one attached hydrogen (secondary N) is 1. The summed E-state index contributed by atoms with van der Waals surface area (Å²) in [6.45, 7) is -1.34. The van der Waals surface area contributed by atoms with Gasteiger partial charge in [-0.2, -0.15) is 13.2 Å². The third-order valence-electron chi connectivity index (χ3n) is 2.33. The van der Waals surface area contributed by atoms with Gasteiger partial charge < -0.3 is 10.4 Å². The van der Waals surface area contributed by atoms with Gasteiger partial charge in [-0.25, -0.2) is 4.79 Å². The Morgan fingerprint density at radius 2 is 1.74 bits per heavy atom. The van der Waals surface area contributed by atoms with Crippen LogP contribution in [0.2, 0.25) is 0 Å². The Balaban J connectivity index is 2.40. The van der Waals surface area contributed by atoms with E-state index >= 15 is 0 Å². The first kappa shape index (κ1) is 15.0. The van der Waals surface area contributed by atoms with E-state index < -0.39 is 24.6 Å². The Kier molecular flexibility index (Phi) is 4.91. The highest BCUT2D eigenvalue weighted by Crippen LogP contribution is 2.12. The number of carboxylic acids is 1. The lowest BCUT2D eigenvalue weighted by Gasteiger charge is -2.08. The average Bonchev–Trinajstić information content (AvgIpc) is 2.33. The third kappa shape index (κ3) is 5.89. The van der Waals surface area contributed by atoms with E-state index in [1.165, 1.54) is 24.3 Å². The van der Waals surface area contributed by atoms with Gasteiger partial charge in [-0.05, 0) is 24.1 Å². The largest absolute Gasteiger partial charge is 0.478 e. The van der Waals surface area contributed by atoms with Crippen molar-refractivity contribution in [2.24, 2.45) is 0 Å². The van der Waals surface area contributed by atoms with Gasteiger partial charge in [0.2, 0.25) is 5.91 Å². The predicted octanol–water partition coefficient (Wildman–Crippen LogP) is 2.00. The van der Waals surface area contributed by atoms with Crippen molar-refractivity contribution in [1.29, 1.82) is 0 Å². The molecule has 0 aromatic heterocycles. The van der Waals surface area contributed by atoms with Crippen molar-refractivity contribution in [1.82, 2.24) is 5.32 Å². The molecule has 0 aliphatic heterocycles. The molecule has 1 amide bonds. The quantitative estimate of drug-likeness (QED) is 0.863. The molecular formula is C12H12F3NO3. The number of carboxylic acid groups (broad SMARTS) is 1. The molecule has 0 fully saturated rings. The summed E-state index contributed by atoms with van der Waals surface area (Å²) in [5, 5.41) is 10.4. The van der Waals surface area contributed by atoms with Crippen LogP contribution in [0.15, 0.2) is 24.3 Å². The Hall–Kier alpha value is -2.05. The molecule has 0 aliphatic rings. The fourth-order valence-corrected chi connectivity index (χ4v) is 1.36. The predicted molar refractivity (Wildman–Crippen MR) is 60.8 cm³/mol. The van der Waals surface area contributed by atoms with Crippen molar-refractivity contribution >= 4 is 11.9 Å². The zero-order valence-electron chi connectivity index (χ0n) is 9.83. The molecule has 2 N–H and O–H groups in total. The monoisotopic (exact) mass is 275 g/mol. The van der Waals surface area contributed by atoms with Crippen molar-refractivity contribution in [3.63, 3.8) is 0 Å². The summed E-state index contributed by atoms with van der Waals surface area (Å²) >= 11 is 0. The maximum Gasteiger partial charge on any atom is 0.405 e. The lowest BCUT2D eigenvalue weighted by atomic mass is 10.1. The van der Waals surface area contributed by atoms with E-state index in [1.54, 1.807) is 5.32 Å². The number of carbonyl (C=O) groups excluding carboxylic acids is 1. The van der Waals surface area contributed by atoms with Crippen LogP contribution >= 0.6 is 0 Å². The summed E-state index contributed by atoms with van der Waals surface area (Å²) in [6.07, 6.45) is -4.25. The molecule has 1 rings (SSSR count). The molecule has 4 nitrogen and oxygen atoms in total. The zero-order valence-corrected chi connectivity index (χ0v) is 9.83. The standard InChI is InChI=1S/C12H12F3NO3/c13-12(14,15)7-16-10(17)6-3-8-1-4-9(5-2-8)11(18)19/h1-2,4-5H,3,6-7H2,(H,16,17)(H,18,19). The number of aryl methyl sites for hydroxylation is 1. The first-order valence-corrected chi connectivity index (χ1v) is 5.43. The molecule has 0 spiro atoms. The second-order valence-corrected chi connectivity index (χ2v) is 3.89. The smallest absolute Gasteiger partial charge is 0.405 e. The van der Waals surface area contributed by atoms with E-state index in [-0.39, 0.29) is 18.4 Å². The number of aromatic carboxylic acids is 1. The molecule has 0 bridgehead atoms. The lowest BCUT2D eigenvalue weighted by molar-refractivity contribution is -0.138.